The maximum Gasteiger partial charge on any atom is 0.191 e. The van der Waals surface area contributed by atoms with Gasteiger partial charge in [-0.2, -0.15) is 0 Å². The van der Waals surface area contributed by atoms with Gasteiger partial charge < -0.3 is 24.7 Å². The van der Waals surface area contributed by atoms with Gasteiger partial charge in [0.25, 0.3) is 0 Å². The minimum Gasteiger partial charge on any atom is -0.468 e. The van der Waals surface area contributed by atoms with Gasteiger partial charge in [0.05, 0.1) is 19.4 Å². The molecule has 1 aliphatic rings. The van der Waals surface area contributed by atoms with Crippen LogP contribution in [0, 0.1) is 0 Å². The van der Waals surface area contributed by atoms with Gasteiger partial charge in [-0.05, 0) is 43.1 Å². The Hall–Kier alpha value is -2.35. The van der Waals surface area contributed by atoms with Crippen LogP contribution in [0.15, 0.2) is 52.1 Å². The predicted octanol–water partition coefficient (Wildman–Crippen LogP) is 2.69. The van der Waals surface area contributed by atoms with Gasteiger partial charge in [0.1, 0.15) is 5.76 Å². The second-order valence-electron chi connectivity index (χ2n) is 8.20. The quantitative estimate of drug-likeness (QED) is 0.449. The lowest BCUT2D eigenvalue weighted by Gasteiger charge is -2.32. The zero-order valence-corrected chi connectivity index (χ0v) is 19.1. The summed E-state index contributed by atoms with van der Waals surface area (Å²) in [5, 5.41) is 7.11. The third kappa shape index (κ3) is 7.69. The summed E-state index contributed by atoms with van der Waals surface area (Å²) in [6.45, 7) is 6.42. The molecule has 2 heterocycles. The molecule has 0 spiro atoms. The number of furan rings is 1. The monoisotopic (exact) mass is 427 g/mol. The average Bonchev–Trinajstić information content (AvgIpc) is 3.29. The van der Waals surface area contributed by atoms with Crippen molar-refractivity contribution in [2.75, 3.05) is 47.4 Å². The van der Waals surface area contributed by atoms with E-state index in [4.69, 9.17) is 9.15 Å². The zero-order valence-electron chi connectivity index (χ0n) is 19.1. The molecule has 1 saturated heterocycles. The number of ether oxygens (including phenoxy) is 1. The van der Waals surface area contributed by atoms with Crippen molar-refractivity contribution in [3.63, 3.8) is 0 Å². The van der Waals surface area contributed by atoms with Gasteiger partial charge in [-0.1, -0.05) is 24.3 Å². The lowest BCUT2D eigenvalue weighted by atomic mass is 10.1. The molecule has 0 unspecified atom stereocenters. The summed E-state index contributed by atoms with van der Waals surface area (Å²) < 4.78 is 10.7. The van der Waals surface area contributed by atoms with E-state index in [-0.39, 0.29) is 0 Å². The highest BCUT2D eigenvalue weighted by molar-refractivity contribution is 5.80. The Morgan fingerprint density at radius 1 is 1.16 bits per heavy atom. The molecule has 1 fully saturated rings. The Balaban J connectivity index is 1.47. The molecule has 0 bridgehead atoms. The summed E-state index contributed by atoms with van der Waals surface area (Å²) in [4.78, 5) is 9.18. The van der Waals surface area contributed by atoms with E-state index >= 15 is 0 Å². The van der Waals surface area contributed by atoms with Gasteiger partial charge in [-0.25, -0.2) is 0 Å². The standard InChI is InChI=1S/C24H37N5O2/c1-25-24(27-22-10-12-29(13-11-22)14-16-30-3)26-17-20-7-4-5-8-21(20)18-28(2)19-23-9-6-15-31-23/h4-9,15,22H,10-14,16-19H2,1-3H3,(H2,25,26,27). The molecule has 31 heavy (non-hydrogen) atoms. The first kappa shape index (κ1) is 23.3. The van der Waals surface area contributed by atoms with E-state index in [9.17, 15) is 0 Å². The van der Waals surface area contributed by atoms with Crippen LogP contribution in [0.3, 0.4) is 0 Å². The maximum atomic E-state index is 5.48. The van der Waals surface area contributed by atoms with Crippen molar-refractivity contribution < 1.29 is 9.15 Å². The first-order chi connectivity index (χ1) is 15.2. The highest BCUT2D eigenvalue weighted by Gasteiger charge is 2.19. The number of benzene rings is 1. The number of methoxy groups -OCH3 is 1. The molecule has 170 valence electrons. The molecule has 7 heteroatoms. The van der Waals surface area contributed by atoms with E-state index in [1.807, 2.05) is 19.2 Å². The number of piperidine rings is 1. The largest absolute Gasteiger partial charge is 0.468 e. The van der Waals surface area contributed by atoms with E-state index in [1.165, 1.54) is 11.1 Å². The van der Waals surface area contributed by atoms with Crippen molar-refractivity contribution in [1.82, 2.24) is 20.4 Å². The summed E-state index contributed by atoms with van der Waals surface area (Å²) >= 11 is 0. The summed E-state index contributed by atoms with van der Waals surface area (Å²) in [6, 6.07) is 13.0. The number of rotatable bonds is 10. The van der Waals surface area contributed by atoms with Crippen molar-refractivity contribution >= 4 is 5.96 Å². The van der Waals surface area contributed by atoms with E-state index in [0.717, 1.165) is 70.4 Å². The molecule has 2 N–H and O–H groups in total. The SMILES string of the molecule is CN=C(NCc1ccccc1CN(C)Cc1ccco1)NC1CCN(CCOC)CC1. The first-order valence-corrected chi connectivity index (χ1v) is 11.1. The Morgan fingerprint density at radius 3 is 2.61 bits per heavy atom. The number of aliphatic imine (C=N–C) groups is 1. The lowest BCUT2D eigenvalue weighted by Crippen LogP contribution is -2.48. The molecule has 1 aromatic heterocycles. The second kappa shape index (κ2) is 12.5. The number of guanidine groups is 1. The molecule has 7 nitrogen and oxygen atoms in total. The van der Waals surface area contributed by atoms with E-state index in [0.29, 0.717) is 6.04 Å². The van der Waals surface area contributed by atoms with Crippen LogP contribution in [0.25, 0.3) is 0 Å². The smallest absolute Gasteiger partial charge is 0.191 e. The van der Waals surface area contributed by atoms with E-state index in [2.05, 4.69) is 56.7 Å². The van der Waals surface area contributed by atoms with Crippen LogP contribution < -0.4 is 10.6 Å². The molecule has 0 radical (unpaired) electrons. The Labute approximate surface area is 186 Å². The van der Waals surface area contributed by atoms with Gasteiger partial charge >= 0.3 is 0 Å². The molecule has 0 saturated carbocycles. The molecule has 1 aliphatic heterocycles. The minimum absolute atomic E-state index is 0.458. The fraction of sp³-hybridized carbons (Fsp3) is 0.542. The van der Waals surface area contributed by atoms with Gasteiger partial charge in [0.15, 0.2) is 5.96 Å². The Kier molecular flexibility index (Phi) is 9.39. The van der Waals surface area contributed by atoms with E-state index < -0.39 is 0 Å². The molecule has 0 amide bonds. The van der Waals surface area contributed by atoms with Crippen LogP contribution in [-0.2, 0) is 24.4 Å². The molecule has 3 rings (SSSR count). The maximum absolute atomic E-state index is 5.48. The highest BCUT2D eigenvalue weighted by Crippen LogP contribution is 2.14. The van der Waals surface area contributed by atoms with E-state index in [1.54, 1.807) is 13.4 Å². The molecular weight excluding hydrogens is 390 g/mol. The first-order valence-electron chi connectivity index (χ1n) is 11.1. The predicted molar refractivity (Wildman–Crippen MR) is 125 cm³/mol. The van der Waals surface area contributed by atoms with Gasteiger partial charge in [0.2, 0.25) is 0 Å². The topological polar surface area (TPSA) is 65.3 Å². The van der Waals surface area contributed by atoms with Crippen LogP contribution in [-0.4, -0.2) is 69.2 Å². The van der Waals surface area contributed by atoms with Crippen LogP contribution in [0.4, 0.5) is 0 Å². The normalized spacial score (nSPS) is 16.1. The highest BCUT2D eigenvalue weighted by atomic mass is 16.5. The van der Waals surface area contributed by atoms with Crippen molar-refractivity contribution in [2.24, 2.45) is 4.99 Å². The van der Waals surface area contributed by atoms with Gasteiger partial charge in [0, 0.05) is 52.9 Å². The molecule has 0 aliphatic carbocycles. The lowest BCUT2D eigenvalue weighted by molar-refractivity contribution is 0.128. The summed E-state index contributed by atoms with van der Waals surface area (Å²) in [7, 11) is 5.72. The van der Waals surface area contributed by atoms with Gasteiger partial charge in [-0.3, -0.25) is 9.89 Å². The van der Waals surface area contributed by atoms with Crippen molar-refractivity contribution in [1.29, 1.82) is 0 Å². The van der Waals surface area contributed by atoms with Crippen molar-refractivity contribution in [3.8, 4) is 0 Å². The van der Waals surface area contributed by atoms with Crippen molar-refractivity contribution in [3.05, 3.63) is 59.5 Å². The average molecular weight is 428 g/mol. The fourth-order valence-electron chi connectivity index (χ4n) is 3.99. The zero-order chi connectivity index (χ0) is 21.9. The summed E-state index contributed by atoms with van der Waals surface area (Å²) in [5.74, 6) is 1.85. The Bertz CT molecular complexity index is 785. The molecular formula is C24H37N5O2. The second-order valence-corrected chi connectivity index (χ2v) is 8.20. The molecule has 2 aromatic rings. The van der Waals surface area contributed by atoms with Crippen molar-refractivity contribution in [2.45, 2.75) is 38.5 Å². The Morgan fingerprint density at radius 2 is 1.94 bits per heavy atom. The molecule has 1 aromatic carbocycles. The number of nitrogens with one attached hydrogen (secondary N) is 2. The minimum atomic E-state index is 0.458. The third-order valence-corrected chi connectivity index (χ3v) is 5.77. The number of hydrogen-bond donors (Lipinski definition) is 2. The number of nitrogens with zero attached hydrogens (tertiary/aromatic N) is 3. The number of hydrogen-bond acceptors (Lipinski definition) is 5. The third-order valence-electron chi connectivity index (χ3n) is 5.77. The number of likely N-dealkylation sites (tertiary alicyclic amines) is 1. The fourth-order valence-corrected chi connectivity index (χ4v) is 3.99. The molecule has 0 atom stereocenters. The summed E-state index contributed by atoms with van der Waals surface area (Å²) in [6.07, 6.45) is 3.97. The van der Waals surface area contributed by atoms with Crippen LogP contribution in [0.5, 0.6) is 0 Å². The van der Waals surface area contributed by atoms with Crippen LogP contribution in [0.2, 0.25) is 0 Å². The van der Waals surface area contributed by atoms with Crippen LogP contribution in [0.1, 0.15) is 29.7 Å². The van der Waals surface area contributed by atoms with Crippen LogP contribution >= 0.6 is 0 Å². The summed E-state index contributed by atoms with van der Waals surface area (Å²) in [5.41, 5.74) is 2.59. The van der Waals surface area contributed by atoms with Gasteiger partial charge in [-0.15, -0.1) is 0 Å².